The van der Waals surface area contributed by atoms with Gasteiger partial charge in [0, 0.05) is 18.2 Å². The third-order valence-electron chi connectivity index (χ3n) is 3.56. The average Bonchev–Trinajstić information content (AvgIpc) is 2.40. The molecule has 2 rings (SSSR count). The molecule has 1 saturated heterocycles. The van der Waals surface area contributed by atoms with Crippen molar-refractivity contribution < 1.29 is 9.53 Å². The third kappa shape index (κ3) is 3.85. The molecule has 20 heavy (non-hydrogen) atoms. The zero-order valence-corrected chi connectivity index (χ0v) is 13.0. The highest BCUT2D eigenvalue weighted by Crippen LogP contribution is 2.24. The first-order valence-electron chi connectivity index (χ1n) is 6.45. The molecule has 1 heterocycles. The maximum absolute atomic E-state index is 12.3. The van der Waals surface area contributed by atoms with E-state index in [1.165, 1.54) is 0 Å². The van der Waals surface area contributed by atoms with Crippen molar-refractivity contribution in [1.29, 1.82) is 0 Å². The third-order valence-corrected chi connectivity index (χ3v) is 3.90. The first-order valence-corrected chi connectivity index (χ1v) is 6.83. The molecule has 1 atom stereocenters. The van der Waals surface area contributed by atoms with E-state index in [1.807, 2.05) is 31.2 Å². The first kappa shape index (κ1) is 17.2. The summed E-state index contributed by atoms with van der Waals surface area (Å²) in [6.07, 6.45) is 1.10. The Kier molecular flexibility index (Phi) is 6.27. The maximum atomic E-state index is 12.3. The molecule has 1 fully saturated rings. The number of hydrogen-bond acceptors (Lipinski definition) is 3. The number of carbonyl (C=O) groups is 1. The first-order chi connectivity index (χ1) is 9.03. The molecular formula is C14H20Cl2N2O2. The monoisotopic (exact) mass is 318 g/mol. The fourth-order valence-corrected chi connectivity index (χ4v) is 2.51. The van der Waals surface area contributed by atoms with E-state index >= 15 is 0 Å². The summed E-state index contributed by atoms with van der Waals surface area (Å²) in [4.78, 5) is 12.3. The van der Waals surface area contributed by atoms with E-state index in [2.05, 4.69) is 5.32 Å². The van der Waals surface area contributed by atoms with Crippen LogP contribution in [0.5, 0.6) is 0 Å². The zero-order valence-electron chi connectivity index (χ0n) is 11.4. The molecule has 1 unspecified atom stereocenters. The van der Waals surface area contributed by atoms with Gasteiger partial charge in [0.2, 0.25) is 5.91 Å². The van der Waals surface area contributed by atoms with Crippen LogP contribution in [0.15, 0.2) is 24.3 Å². The van der Waals surface area contributed by atoms with E-state index in [0.29, 0.717) is 31.1 Å². The largest absolute Gasteiger partial charge is 0.381 e. The van der Waals surface area contributed by atoms with Crippen molar-refractivity contribution in [2.24, 2.45) is 5.73 Å². The fourth-order valence-electron chi connectivity index (χ4n) is 2.21. The lowest BCUT2D eigenvalue weighted by atomic mass is 9.90. The van der Waals surface area contributed by atoms with Gasteiger partial charge in [0.05, 0.1) is 11.6 Å². The van der Waals surface area contributed by atoms with Gasteiger partial charge in [-0.15, -0.1) is 12.4 Å². The van der Waals surface area contributed by atoms with Gasteiger partial charge in [-0.05, 0) is 31.4 Å². The van der Waals surface area contributed by atoms with Crippen LogP contribution < -0.4 is 11.1 Å². The second-order valence-corrected chi connectivity index (χ2v) is 5.39. The zero-order chi connectivity index (χ0) is 13.9. The van der Waals surface area contributed by atoms with Crippen molar-refractivity contribution >= 4 is 29.9 Å². The van der Waals surface area contributed by atoms with E-state index in [9.17, 15) is 4.79 Å². The number of halogens is 2. The minimum absolute atomic E-state index is 0. The Morgan fingerprint density at radius 3 is 2.60 bits per heavy atom. The topological polar surface area (TPSA) is 64.4 Å². The number of nitrogens with two attached hydrogens (primary N) is 1. The molecule has 1 amide bonds. The second kappa shape index (κ2) is 7.27. The molecule has 1 aromatic carbocycles. The molecule has 0 saturated carbocycles. The van der Waals surface area contributed by atoms with Crippen molar-refractivity contribution in [3.63, 3.8) is 0 Å². The van der Waals surface area contributed by atoms with E-state index in [-0.39, 0.29) is 24.4 Å². The summed E-state index contributed by atoms with van der Waals surface area (Å²) in [7, 11) is 0. The minimum atomic E-state index is -0.826. The SMILES string of the molecule is CC(NC(=O)C1(N)CCOCC1)c1ccccc1Cl.Cl. The number of benzene rings is 1. The number of rotatable bonds is 3. The van der Waals surface area contributed by atoms with Crippen LogP contribution >= 0.6 is 24.0 Å². The Morgan fingerprint density at radius 1 is 1.40 bits per heavy atom. The van der Waals surface area contributed by atoms with Crippen LogP contribution in [0.25, 0.3) is 0 Å². The highest BCUT2D eigenvalue weighted by atomic mass is 35.5. The van der Waals surface area contributed by atoms with E-state index in [4.69, 9.17) is 22.1 Å². The van der Waals surface area contributed by atoms with Crippen LogP contribution in [0.3, 0.4) is 0 Å². The number of hydrogen-bond donors (Lipinski definition) is 2. The summed E-state index contributed by atoms with van der Waals surface area (Å²) in [6.45, 7) is 2.97. The Labute approximate surface area is 130 Å². The van der Waals surface area contributed by atoms with Gasteiger partial charge in [-0.2, -0.15) is 0 Å². The standard InChI is InChI=1S/C14H19ClN2O2.ClH/c1-10(11-4-2-3-5-12(11)15)17-13(18)14(16)6-8-19-9-7-14;/h2-5,10H,6-9,16H2,1H3,(H,17,18);1H. The van der Waals surface area contributed by atoms with Gasteiger partial charge in [0.1, 0.15) is 0 Å². The number of amides is 1. The lowest BCUT2D eigenvalue weighted by Gasteiger charge is -2.33. The van der Waals surface area contributed by atoms with Gasteiger partial charge in [0.15, 0.2) is 0 Å². The normalized spacial score (nSPS) is 18.8. The van der Waals surface area contributed by atoms with E-state index in [0.717, 1.165) is 5.56 Å². The van der Waals surface area contributed by atoms with Crippen LogP contribution in [0, 0.1) is 0 Å². The highest BCUT2D eigenvalue weighted by molar-refractivity contribution is 6.31. The number of carbonyl (C=O) groups excluding carboxylic acids is 1. The van der Waals surface area contributed by atoms with Crippen molar-refractivity contribution in [3.05, 3.63) is 34.9 Å². The molecular weight excluding hydrogens is 299 g/mol. The molecule has 6 heteroatoms. The Hall–Kier alpha value is -0.810. The second-order valence-electron chi connectivity index (χ2n) is 4.99. The van der Waals surface area contributed by atoms with Crippen LogP contribution in [-0.2, 0) is 9.53 Å². The van der Waals surface area contributed by atoms with Crippen molar-refractivity contribution in [2.45, 2.75) is 31.3 Å². The van der Waals surface area contributed by atoms with Gasteiger partial charge in [-0.1, -0.05) is 29.8 Å². The summed E-state index contributed by atoms with van der Waals surface area (Å²) >= 11 is 6.12. The molecule has 0 bridgehead atoms. The molecule has 1 aliphatic rings. The van der Waals surface area contributed by atoms with E-state index < -0.39 is 5.54 Å². The Balaban J connectivity index is 0.00000200. The molecule has 112 valence electrons. The predicted octanol–water partition coefficient (Wildman–Crippen LogP) is 2.45. The summed E-state index contributed by atoms with van der Waals surface area (Å²) < 4.78 is 5.24. The predicted molar refractivity (Wildman–Crippen MR) is 82.2 cm³/mol. The highest BCUT2D eigenvalue weighted by Gasteiger charge is 2.36. The molecule has 0 aliphatic carbocycles. The molecule has 0 radical (unpaired) electrons. The van der Waals surface area contributed by atoms with E-state index in [1.54, 1.807) is 0 Å². The summed E-state index contributed by atoms with van der Waals surface area (Å²) in [5.74, 6) is -0.136. The van der Waals surface area contributed by atoms with Gasteiger partial charge in [-0.3, -0.25) is 4.79 Å². The van der Waals surface area contributed by atoms with Crippen LogP contribution in [0.2, 0.25) is 5.02 Å². The Bertz CT molecular complexity index is 462. The lowest BCUT2D eigenvalue weighted by Crippen LogP contribution is -2.57. The lowest BCUT2D eigenvalue weighted by molar-refractivity contribution is -0.130. The number of ether oxygens (including phenoxy) is 1. The van der Waals surface area contributed by atoms with Crippen LogP contribution in [0.1, 0.15) is 31.4 Å². The average molecular weight is 319 g/mol. The molecule has 0 spiro atoms. The van der Waals surface area contributed by atoms with Gasteiger partial charge in [0.25, 0.3) is 0 Å². The number of nitrogens with one attached hydrogen (secondary N) is 1. The molecule has 1 aliphatic heterocycles. The summed E-state index contributed by atoms with van der Waals surface area (Å²) in [5.41, 5.74) is 6.21. The van der Waals surface area contributed by atoms with Gasteiger partial charge < -0.3 is 15.8 Å². The fraction of sp³-hybridized carbons (Fsp3) is 0.500. The van der Waals surface area contributed by atoms with Gasteiger partial charge >= 0.3 is 0 Å². The van der Waals surface area contributed by atoms with Crippen molar-refractivity contribution in [3.8, 4) is 0 Å². The van der Waals surface area contributed by atoms with Gasteiger partial charge in [-0.25, -0.2) is 0 Å². The minimum Gasteiger partial charge on any atom is -0.381 e. The van der Waals surface area contributed by atoms with Crippen LogP contribution in [-0.4, -0.2) is 24.7 Å². The van der Waals surface area contributed by atoms with Crippen molar-refractivity contribution in [1.82, 2.24) is 5.32 Å². The summed E-state index contributed by atoms with van der Waals surface area (Å²) in [6, 6.07) is 7.32. The summed E-state index contributed by atoms with van der Waals surface area (Å²) in [5, 5.41) is 3.59. The molecule has 1 aromatic rings. The van der Waals surface area contributed by atoms with Crippen LogP contribution in [0.4, 0.5) is 0 Å². The Morgan fingerprint density at radius 2 is 2.00 bits per heavy atom. The molecule has 3 N–H and O–H groups in total. The maximum Gasteiger partial charge on any atom is 0.240 e. The quantitative estimate of drug-likeness (QED) is 0.899. The smallest absolute Gasteiger partial charge is 0.240 e. The molecule has 4 nitrogen and oxygen atoms in total. The van der Waals surface area contributed by atoms with Crippen molar-refractivity contribution in [2.75, 3.05) is 13.2 Å². The molecule has 0 aromatic heterocycles.